The highest BCUT2D eigenvalue weighted by atomic mass is 35.5. The van der Waals surface area contributed by atoms with Crippen molar-refractivity contribution in [2.24, 2.45) is 5.73 Å². The fourth-order valence-electron chi connectivity index (χ4n) is 1.49. The zero-order valence-electron chi connectivity index (χ0n) is 10.7. The molecule has 102 valence electrons. The third kappa shape index (κ3) is 5.69. The Hall–Kier alpha value is -0.810. The van der Waals surface area contributed by atoms with Gasteiger partial charge in [-0.25, -0.2) is 0 Å². The largest absolute Gasteiger partial charge is 0.491 e. The SMILES string of the molecule is COCCOCCOc1ccc(Cl)cc1CCN. The Morgan fingerprint density at radius 3 is 2.67 bits per heavy atom. The number of benzene rings is 1. The molecule has 5 heteroatoms. The van der Waals surface area contributed by atoms with Crippen molar-refractivity contribution in [1.82, 2.24) is 0 Å². The number of ether oxygens (including phenoxy) is 3. The van der Waals surface area contributed by atoms with Gasteiger partial charge in [0.15, 0.2) is 0 Å². The smallest absolute Gasteiger partial charge is 0.122 e. The summed E-state index contributed by atoms with van der Waals surface area (Å²) in [5.41, 5.74) is 6.58. The molecule has 1 aromatic rings. The molecule has 0 bridgehead atoms. The van der Waals surface area contributed by atoms with Crippen LogP contribution < -0.4 is 10.5 Å². The lowest BCUT2D eigenvalue weighted by molar-refractivity contribution is 0.0543. The Morgan fingerprint density at radius 1 is 1.17 bits per heavy atom. The number of hydrogen-bond acceptors (Lipinski definition) is 4. The molecular weight excluding hydrogens is 254 g/mol. The lowest BCUT2D eigenvalue weighted by atomic mass is 10.1. The van der Waals surface area contributed by atoms with E-state index in [4.69, 9.17) is 31.5 Å². The molecule has 0 atom stereocenters. The zero-order valence-corrected chi connectivity index (χ0v) is 11.4. The van der Waals surface area contributed by atoms with Crippen LogP contribution in [0.4, 0.5) is 0 Å². The van der Waals surface area contributed by atoms with Crippen molar-refractivity contribution in [2.45, 2.75) is 6.42 Å². The summed E-state index contributed by atoms with van der Waals surface area (Å²) in [4.78, 5) is 0. The normalized spacial score (nSPS) is 10.6. The van der Waals surface area contributed by atoms with Gasteiger partial charge in [-0.15, -0.1) is 0 Å². The molecule has 0 aliphatic heterocycles. The summed E-state index contributed by atoms with van der Waals surface area (Å²) in [5, 5.41) is 0.696. The van der Waals surface area contributed by atoms with Gasteiger partial charge in [-0.3, -0.25) is 0 Å². The van der Waals surface area contributed by atoms with E-state index in [-0.39, 0.29) is 0 Å². The molecule has 0 saturated heterocycles. The summed E-state index contributed by atoms with van der Waals surface area (Å²) >= 11 is 5.94. The minimum absolute atomic E-state index is 0.503. The Bertz CT molecular complexity index is 347. The Labute approximate surface area is 113 Å². The second kappa shape index (κ2) is 9.16. The second-order valence-electron chi connectivity index (χ2n) is 3.74. The number of hydrogen-bond donors (Lipinski definition) is 1. The Balaban J connectivity index is 2.36. The van der Waals surface area contributed by atoms with Crippen LogP contribution in [0, 0.1) is 0 Å². The van der Waals surface area contributed by atoms with Crippen molar-refractivity contribution in [3.05, 3.63) is 28.8 Å². The molecule has 0 heterocycles. The molecule has 1 aromatic carbocycles. The van der Waals surface area contributed by atoms with Crippen molar-refractivity contribution in [3.63, 3.8) is 0 Å². The number of methoxy groups -OCH3 is 1. The third-order valence-corrected chi connectivity index (χ3v) is 2.59. The van der Waals surface area contributed by atoms with Gasteiger partial charge in [0.2, 0.25) is 0 Å². The van der Waals surface area contributed by atoms with Crippen LogP contribution in [0.25, 0.3) is 0 Å². The Kier molecular flexibility index (Phi) is 7.76. The van der Waals surface area contributed by atoms with Gasteiger partial charge >= 0.3 is 0 Å². The fourth-order valence-corrected chi connectivity index (χ4v) is 1.69. The van der Waals surface area contributed by atoms with Crippen LogP contribution in [0.15, 0.2) is 18.2 Å². The van der Waals surface area contributed by atoms with Crippen molar-refractivity contribution in [1.29, 1.82) is 0 Å². The highest BCUT2D eigenvalue weighted by Crippen LogP contribution is 2.23. The van der Waals surface area contributed by atoms with Gasteiger partial charge in [-0.2, -0.15) is 0 Å². The molecule has 0 spiro atoms. The van der Waals surface area contributed by atoms with Crippen LogP contribution in [-0.4, -0.2) is 40.1 Å². The molecule has 0 amide bonds. The van der Waals surface area contributed by atoms with E-state index in [1.54, 1.807) is 7.11 Å². The summed E-state index contributed by atoms with van der Waals surface area (Å²) in [6.45, 7) is 2.79. The first-order valence-corrected chi connectivity index (χ1v) is 6.33. The maximum absolute atomic E-state index is 5.94. The van der Waals surface area contributed by atoms with E-state index in [1.165, 1.54) is 0 Å². The van der Waals surface area contributed by atoms with E-state index in [1.807, 2.05) is 18.2 Å². The van der Waals surface area contributed by atoms with Crippen LogP contribution >= 0.6 is 11.6 Å². The molecule has 0 radical (unpaired) electrons. The molecule has 0 fully saturated rings. The lowest BCUT2D eigenvalue weighted by Gasteiger charge is -2.11. The molecule has 0 aromatic heterocycles. The Morgan fingerprint density at radius 2 is 1.94 bits per heavy atom. The van der Waals surface area contributed by atoms with Crippen LogP contribution in [0.2, 0.25) is 5.02 Å². The van der Waals surface area contributed by atoms with E-state index in [0.717, 1.165) is 17.7 Å². The van der Waals surface area contributed by atoms with E-state index in [2.05, 4.69) is 0 Å². The van der Waals surface area contributed by atoms with Crippen LogP contribution in [-0.2, 0) is 15.9 Å². The average molecular weight is 274 g/mol. The molecule has 1 rings (SSSR count). The third-order valence-electron chi connectivity index (χ3n) is 2.35. The van der Waals surface area contributed by atoms with Gasteiger partial charge in [0, 0.05) is 12.1 Å². The second-order valence-corrected chi connectivity index (χ2v) is 4.18. The van der Waals surface area contributed by atoms with Gasteiger partial charge in [-0.05, 0) is 36.7 Å². The quantitative estimate of drug-likeness (QED) is 0.698. The van der Waals surface area contributed by atoms with Crippen LogP contribution in [0.3, 0.4) is 0 Å². The molecule has 0 saturated carbocycles. The van der Waals surface area contributed by atoms with Crippen molar-refractivity contribution in [2.75, 3.05) is 40.1 Å². The predicted molar refractivity (Wildman–Crippen MR) is 72.4 cm³/mol. The summed E-state index contributed by atoms with van der Waals surface area (Å²) in [7, 11) is 1.65. The summed E-state index contributed by atoms with van der Waals surface area (Å²) in [6, 6.07) is 5.56. The molecule has 4 nitrogen and oxygen atoms in total. The standard InChI is InChI=1S/C13H20ClNO3/c1-16-6-7-17-8-9-18-13-3-2-12(14)10-11(13)4-5-15/h2-3,10H,4-9,15H2,1H3. The summed E-state index contributed by atoms with van der Waals surface area (Å²) in [5.74, 6) is 0.820. The first-order valence-electron chi connectivity index (χ1n) is 5.96. The predicted octanol–water partition coefficient (Wildman–Crippen LogP) is 1.88. The topological polar surface area (TPSA) is 53.7 Å². The highest BCUT2D eigenvalue weighted by molar-refractivity contribution is 6.30. The number of nitrogens with two attached hydrogens (primary N) is 1. The lowest BCUT2D eigenvalue weighted by Crippen LogP contribution is -2.11. The monoisotopic (exact) mass is 273 g/mol. The maximum atomic E-state index is 5.94. The zero-order chi connectivity index (χ0) is 13.2. The average Bonchev–Trinajstić information content (AvgIpc) is 2.36. The van der Waals surface area contributed by atoms with Crippen LogP contribution in [0.1, 0.15) is 5.56 Å². The fraction of sp³-hybridized carbons (Fsp3) is 0.538. The minimum atomic E-state index is 0.503. The first kappa shape index (κ1) is 15.2. The van der Waals surface area contributed by atoms with E-state index in [9.17, 15) is 0 Å². The summed E-state index contributed by atoms with van der Waals surface area (Å²) in [6.07, 6.45) is 0.750. The highest BCUT2D eigenvalue weighted by Gasteiger charge is 2.04. The molecule has 0 unspecified atom stereocenters. The molecular formula is C13H20ClNO3. The molecule has 0 aliphatic carbocycles. The van der Waals surface area contributed by atoms with Crippen LogP contribution in [0.5, 0.6) is 5.75 Å². The van der Waals surface area contributed by atoms with Crippen molar-refractivity contribution < 1.29 is 14.2 Å². The maximum Gasteiger partial charge on any atom is 0.122 e. The minimum Gasteiger partial charge on any atom is -0.491 e. The number of halogens is 1. The first-order chi connectivity index (χ1) is 8.77. The molecule has 18 heavy (non-hydrogen) atoms. The van der Waals surface area contributed by atoms with E-state index >= 15 is 0 Å². The van der Waals surface area contributed by atoms with Crippen molar-refractivity contribution in [3.8, 4) is 5.75 Å². The van der Waals surface area contributed by atoms with Gasteiger partial charge in [0.25, 0.3) is 0 Å². The van der Waals surface area contributed by atoms with Gasteiger partial charge in [-0.1, -0.05) is 11.6 Å². The van der Waals surface area contributed by atoms with Gasteiger partial charge < -0.3 is 19.9 Å². The summed E-state index contributed by atoms with van der Waals surface area (Å²) < 4.78 is 15.8. The molecule has 0 aliphatic rings. The van der Waals surface area contributed by atoms with E-state index < -0.39 is 0 Å². The number of rotatable bonds is 9. The molecule has 2 N–H and O–H groups in total. The van der Waals surface area contributed by atoms with Gasteiger partial charge in [0.05, 0.1) is 19.8 Å². The van der Waals surface area contributed by atoms with Gasteiger partial charge in [0.1, 0.15) is 12.4 Å². The van der Waals surface area contributed by atoms with E-state index in [0.29, 0.717) is 38.0 Å². The van der Waals surface area contributed by atoms with Crippen molar-refractivity contribution >= 4 is 11.6 Å².